The van der Waals surface area contributed by atoms with Crippen LogP contribution in [0.1, 0.15) is 19.4 Å². The molecular weight excluding hydrogens is 418 g/mol. The van der Waals surface area contributed by atoms with Crippen LogP contribution in [-0.4, -0.2) is 70.2 Å². The largest absolute Gasteiger partial charge is 0.480 e. The third-order valence-electron chi connectivity index (χ3n) is 4.99. The number of amides is 3. The van der Waals surface area contributed by atoms with Gasteiger partial charge >= 0.3 is 5.97 Å². The maximum absolute atomic E-state index is 12.7. The van der Waals surface area contributed by atoms with E-state index in [0.29, 0.717) is 0 Å². The third-order valence-corrected chi connectivity index (χ3v) is 4.99. The standard InChI is InChI=1S/C21H29N5O6/c1-11(2)18(22)20(30)24-9-17(28)25-15(19(29)26-16(10-27)21(31)32)7-12-8-23-14-6-4-3-5-13(12)14/h3-6,8,11,15-16,18,23,27H,7,9-10,22H2,1-2H3,(H,24,30)(H,25,28)(H,26,29)(H,31,32). The molecule has 0 aliphatic heterocycles. The number of aliphatic carboxylic acids is 1. The Kier molecular flexibility index (Phi) is 8.73. The number of nitrogens with one attached hydrogen (secondary N) is 4. The van der Waals surface area contributed by atoms with Gasteiger partial charge in [-0.1, -0.05) is 32.0 Å². The van der Waals surface area contributed by atoms with Crippen molar-refractivity contribution in [3.8, 4) is 0 Å². The van der Waals surface area contributed by atoms with E-state index >= 15 is 0 Å². The molecule has 0 bridgehead atoms. The number of aliphatic hydroxyl groups is 1. The van der Waals surface area contributed by atoms with E-state index in [1.165, 1.54) is 0 Å². The molecule has 0 aliphatic carbocycles. The van der Waals surface area contributed by atoms with Gasteiger partial charge < -0.3 is 36.9 Å². The van der Waals surface area contributed by atoms with Crippen molar-refractivity contribution in [3.63, 3.8) is 0 Å². The van der Waals surface area contributed by atoms with Crippen molar-refractivity contribution in [3.05, 3.63) is 36.0 Å². The number of H-pyrrole nitrogens is 1. The highest BCUT2D eigenvalue weighted by Gasteiger charge is 2.27. The average Bonchev–Trinajstić information content (AvgIpc) is 3.17. The zero-order chi connectivity index (χ0) is 23.8. The summed E-state index contributed by atoms with van der Waals surface area (Å²) in [6, 6.07) is 3.92. The topological polar surface area (TPSA) is 187 Å². The lowest BCUT2D eigenvalue weighted by molar-refractivity contribution is -0.143. The van der Waals surface area contributed by atoms with E-state index in [2.05, 4.69) is 20.9 Å². The number of aliphatic hydroxyl groups excluding tert-OH is 1. The minimum absolute atomic E-state index is 0.0544. The molecule has 11 heteroatoms. The number of benzene rings is 1. The first-order valence-corrected chi connectivity index (χ1v) is 10.2. The summed E-state index contributed by atoms with van der Waals surface area (Å²) in [5.74, 6) is -3.46. The lowest BCUT2D eigenvalue weighted by Gasteiger charge is -2.21. The Labute approximate surface area is 184 Å². The van der Waals surface area contributed by atoms with Gasteiger partial charge in [0.05, 0.1) is 19.2 Å². The fourth-order valence-corrected chi connectivity index (χ4v) is 3.02. The van der Waals surface area contributed by atoms with Crippen LogP contribution in [0.2, 0.25) is 0 Å². The highest BCUT2D eigenvalue weighted by Crippen LogP contribution is 2.19. The Morgan fingerprint density at radius 2 is 1.75 bits per heavy atom. The highest BCUT2D eigenvalue weighted by molar-refractivity contribution is 5.93. The normalized spacial score (nSPS) is 13.9. The van der Waals surface area contributed by atoms with Crippen LogP contribution in [0.5, 0.6) is 0 Å². The van der Waals surface area contributed by atoms with E-state index in [4.69, 9.17) is 10.8 Å². The molecule has 0 radical (unpaired) electrons. The number of carbonyl (C=O) groups excluding carboxylic acids is 3. The van der Waals surface area contributed by atoms with Crippen LogP contribution in [0.25, 0.3) is 10.9 Å². The molecule has 0 aliphatic rings. The summed E-state index contributed by atoms with van der Waals surface area (Å²) in [7, 11) is 0. The molecule has 11 nitrogen and oxygen atoms in total. The summed E-state index contributed by atoms with van der Waals surface area (Å²) in [6.45, 7) is 2.33. The first-order chi connectivity index (χ1) is 15.1. The second kappa shape index (κ2) is 11.3. The van der Waals surface area contributed by atoms with Gasteiger partial charge in [-0.2, -0.15) is 0 Å². The third kappa shape index (κ3) is 6.53. The monoisotopic (exact) mass is 447 g/mol. The molecule has 3 unspecified atom stereocenters. The first-order valence-electron chi connectivity index (χ1n) is 10.2. The number of aromatic amines is 1. The van der Waals surface area contributed by atoms with E-state index in [0.717, 1.165) is 16.5 Å². The zero-order valence-corrected chi connectivity index (χ0v) is 17.9. The number of carboxylic acid groups (broad SMARTS) is 1. The molecule has 0 spiro atoms. The van der Waals surface area contributed by atoms with Crippen molar-refractivity contribution in [1.29, 1.82) is 0 Å². The molecule has 0 fully saturated rings. The van der Waals surface area contributed by atoms with Crippen molar-refractivity contribution >= 4 is 34.6 Å². The summed E-state index contributed by atoms with van der Waals surface area (Å²) >= 11 is 0. The van der Waals surface area contributed by atoms with Crippen LogP contribution < -0.4 is 21.7 Å². The number of carboxylic acids is 1. The number of carbonyl (C=O) groups is 4. The molecule has 0 saturated carbocycles. The lowest BCUT2D eigenvalue weighted by atomic mass is 10.0. The molecule has 3 atom stereocenters. The van der Waals surface area contributed by atoms with Crippen LogP contribution in [-0.2, 0) is 25.6 Å². The van der Waals surface area contributed by atoms with Crippen LogP contribution in [0.3, 0.4) is 0 Å². The Balaban J connectivity index is 2.14. The minimum atomic E-state index is -1.52. The van der Waals surface area contributed by atoms with Gasteiger partial charge in [0.25, 0.3) is 0 Å². The molecule has 3 amide bonds. The van der Waals surface area contributed by atoms with Gasteiger partial charge in [0.1, 0.15) is 12.1 Å². The number of nitrogens with two attached hydrogens (primary N) is 1. The molecule has 32 heavy (non-hydrogen) atoms. The lowest BCUT2D eigenvalue weighted by Crippen LogP contribution is -2.55. The quantitative estimate of drug-likeness (QED) is 0.227. The van der Waals surface area contributed by atoms with Crippen LogP contribution in [0, 0.1) is 5.92 Å². The van der Waals surface area contributed by atoms with Crippen LogP contribution in [0.4, 0.5) is 0 Å². The van der Waals surface area contributed by atoms with E-state index in [1.54, 1.807) is 20.0 Å². The van der Waals surface area contributed by atoms with Crippen LogP contribution in [0.15, 0.2) is 30.5 Å². The van der Waals surface area contributed by atoms with E-state index in [-0.39, 0.29) is 12.3 Å². The number of fused-ring (bicyclic) bond motifs is 1. The molecule has 0 saturated heterocycles. The summed E-state index contributed by atoms with van der Waals surface area (Å²) in [5, 5.41) is 26.3. The molecule has 1 aromatic heterocycles. The molecule has 2 aromatic rings. The second-order valence-electron chi connectivity index (χ2n) is 7.75. The first kappa shape index (κ1) is 24.8. The minimum Gasteiger partial charge on any atom is -0.480 e. The Bertz CT molecular complexity index is 972. The molecule has 8 N–H and O–H groups in total. The Hall–Kier alpha value is -3.44. The van der Waals surface area contributed by atoms with E-state index in [9.17, 15) is 24.3 Å². The Morgan fingerprint density at radius 3 is 2.38 bits per heavy atom. The molecule has 2 rings (SSSR count). The number of hydrogen-bond donors (Lipinski definition) is 7. The molecule has 1 aromatic carbocycles. The molecular formula is C21H29N5O6. The fourth-order valence-electron chi connectivity index (χ4n) is 3.02. The van der Waals surface area contributed by atoms with Crippen LogP contribution >= 0.6 is 0 Å². The number of hydrogen-bond acceptors (Lipinski definition) is 6. The average molecular weight is 447 g/mol. The fraction of sp³-hybridized carbons (Fsp3) is 0.429. The van der Waals surface area contributed by atoms with Crippen molar-refractivity contribution in [1.82, 2.24) is 20.9 Å². The zero-order valence-electron chi connectivity index (χ0n) is 17.9. The van der Waals surface area contributed by atoms with Gasteiger partial charge in [0.15, 0.2) is 0 Å². The molecule has 1 heterocycles. The number of para-hydroxylation sites is 1. The predicted octanol–water partition coefficient (Wildman–Crippen LogP) is -1.14. The smallest absolute Gasteiger partial charge is 0.328 e. The highest BCUT2D eigenvalue weighted by atomic mass is 16.4. The maximum atomic E-state index is 12.7. The van der Waals surface area contributed by atoms with Gasteiger partial charge in [-0.05, 0) is 17.5 Å². The van der Waals surface area contributed by atoms with Gasteiger partial charge in [-0.3, -0.25) is 14.4 Å². The number of aromatic nitrogens is 1. The van der Waals surface area contributed by atoms with Gasteiger partial charge in [0.2, 0.25) is 17.7 Å². The van der Waals surface area contributed by atoms with Gasteiger partial charge in [-0.25, -0.2) is 4.79 Å². The SMILES string of the molecule is CC(C)C(N)C(=O)NCC(=O)NC(Cc1c[nH]c2ccccc12)C(=O)NC(CO)C(=O)O. The van der Waals surface area contributed by atoms with Gasteiger partial charge in [0, 0.05) is 23.5 Å². The van der Waals surface area contributed by atoms with Gasteiger partial charge in [-0.15, -0.1) is 0 Å². The summed E-state index contributed by atoms with van der Waals surface area (Å²) in [5.41, 5.74) is 7.31. The summed E-state index contributed by atoms with van der Waals surface area (Å²) in [4.78, 5) is 51.4. The van der Waals surface area contributed by atoms with Crippen molar-refractivity contribution < 1.29 is 29.4 Å². The van der Waals surface area contributed by atoms with Crippen molar-refractivity contribution in [2.24, 2.45) is 11.7 Å². The Morgan fingerprint density at radius 1 is 1.06 bits per heavy atom. The van der Waals surface area contributed by atoms with Crippen molar-refractivity contribution in [2.75, 3.05) is 13.2 Å². The summed E-state index contributed by atoms with van der Waals surface area (Å²) < 4.78 is 0. The predicted molar refractivity (Wildman–Crippen MR) is 116 cm³/mol. The molecule has 174 valence electrons. The van der Waals surface area contributed by atoms with E-state index < -0.39 is 55.0 Å². The second-order valence-corrected chi connectivity index (χ2v) is 7.75. The van der Waals surface area contributed by atoms with Crippen molar-refractivity contribution in [2.45, 2.75) is 38.4 Å². The van der Waals surface area contributed by atoms with E-state index in [1.807, 2.05) is 24.3 Å². The number of rotatable bonds is 11. The summed E-state index contributed by atoms with van der Waals surface area (Å²) in [6.07, 6.45) is 1.75. The maximum Gasteiger partial charge on any atom is 0.328 e.